The second-order valence-corrected chi connectivity index (χ2v) is 7.78. The molecule has 1 aliphatic heterocycles. The predicted octanol–water partition coefficient (Wildman–Crippen LogP) is 2.00. The number of nitrogens with one attached hydrogen (secondary N) is 1. The van der Waals surface area contributed by atoms with Gasteiger partial charge >= 0.3 is 125 Å². The first kappa shape index (κ1) is 18.2. The summed E-state index contributed by atoms with van der Waals surface area (Å²) in [6.07, 6.45) is 5.82. The number of rotatable bonds is 7. The zero-order chi connectivity index (χ0) is 17.6. The summed E-state index contributed by atoms with van der Waals surface area (Å²) < 4.78 is 0. The van der Waals surface area contributed by atoms with Gasteiger partial charge in [-0.15, -0.1) is 0 Å². The molecule has 0 atom stereocenters. The van der Waals surface area contributed by atoms with E-state index in [0.29, 0.717) is 6.04 Å². The maximum absolute atomic E-state index is 7.56. The Balaban J connectivity index is 1.51. The van der Waals surface area contributed by atoms with Crippen LogP contribution in [0.2, 0.25) is 0 Å². The maximum atomic E-state index is 7.56. The molecule has 6 heteroatoms. The van der Waals surface area contributed by atoms with Crippen molar-refractivity contribution in [1.29, 1.82) is 5.41 Å². The standard InChI is InChI=1S/C19H25BN4S/c1-20-19-22-12-18(25-19)14-24-9-7-17(8-10-24)23(2)13-16-6-4-3-5-15(16)11-21/h3-6,11-12,17,21H,1,7-10,13-14H2,2H3. The van der Waals surface area contributed by atoms with Crippen LogP contribution in [-0.4, -0.2) is 60.6 Å². The van der Waals surface area contributed by atoms with Crippen molar-refractivity contribution in [3.8, 4) is 0 Å². The van der Waals surface area contributed by atoms with E-state index in [9.17, 15) is 0 Å². The summed E-state index contributed by atoms with van der Waals surface area (Å²) >= 11 is 1.74. The van der Waals surface area contributed by atoms with Crippen LogP contribution < -0.4 is 4.91 Å². The fraction of sp³-hybridized carbons (Fsp3) is 0.421. The van der Waals surface area contributed by atoms with Crippen LogP contribution in [0.5, 0.6) is 0 Å². The van der Waals surface area contributed by atoms with Crippen molar-refractivity contribution in [3.05, 3.63) is 46.5 Å². The van der Waals surface area contributed by atoms with Crippen LogP contribution >= 0.6 is 11.3 Å². The summed E-state index contributed by atoms with van der Waals surface area (Å²) in [6, 6.07) is 8.82. The van der Waals surface area contributed by atoms with Crippen molar-refractivity contribution >= 4 is 35.8 Å². The molecule has 4 nitrogen and oxygen atoms in total. The minimum absolute atomic E-state index is 0.611. The Labute approximate surface area is 154 Å². The molecule has 0 aliphatic carbocycles. The first-order valence-corrected chi connectivity index (χ1v) is 9.59. The van der Waals surface area contributed by atoms with Gasteiger partial charge in [0.2, 0.25) is 0 Å². The van der Waals surface area contributed by atoms with E-state index in [1.807, 2.05) is 25.3 Å². The Morgan fingerprint density at radius 2 is 2.16 bits per heavy atom. The Morgan fingerprint density at radius 3 is 2.84 bits per heavy atom. The molecule has 2 aromatic rings. The van der Waals surface area contributed by atoms with Gasteiger partial charge in [-0.3, -0.25) is 0 Å². The molecule has 1 N–H and O–H groups in total. The minimum atomic E-state index is 0.611. The zero-order valence-electron chi connectivity index (χ0n) is 14.8. The Kier molecular flexibility index (Phi) is 6.29. The molecule has 0 unspecified atom stereocenters. The molecule has 3 rings (SSSR count). The van der Waals surface area contributed by atoms with E-state index in [-0.39, 0.29) is 0 Å². The van der Waals surface area contributed by atoms with Gasteiger partial charge in [0, 0.05) is 6.21 Å². The van der Waals surface area contributed by atoms with Gasteiger partial charge in [-0.05, 0) is 0 Å². The zero-order valence-corrected chi connectivity index (χ0v) is 15.6. The van der Waals surface area contributed by atoms with E-state index in [2.05, 4.69) is 40.4 Å². The third-order valence-corrected chi connectivity index (χ3v) is 5.91. The summed E-state index contributed by atoms with van der Waals surface area (Å²) in [4.78, 5) is 11.7. The summed E-state index contributed by atoms with van der Waals surface area (Å²) in [7, 11) is 2.21. The second kappa shape index (κ2) is 8.65. The molecule has 0 bridgehead atoms. The van der Waals surface area contributed by atoms with Crippen molar-refractivity contribution < 1.29 is 0 Å². The quantitative estimate of drug-likeness (QED) is 0.612. The molecule has 0 amide bonds. The Hall–Kier alpha value is -1.63. The summed E-state index contributed by atoms with van der Waals surface area (Å²) in [5.74, 6) is 0. The van der Waals surface area contributed by atoms with Gasteiger partial charge in [-0.2, -0.15) is 0 Å². The van der Waals surface area contributed by atoms with Gasteiger partial charge in [-0.25, -0.2) is 0 Å². The molecule has 1 saturated heterocycles. The van der Waals surface area contributed by atoms with Crippen molar-refractivity contribution in [2.75, 3.05) is 20.1 Å². The van der Waals surface area contributed by atoms with E-state index < -0.39 is 0 Å². The fourth-order valence-electron chi connectivity index (χ4n) is 3.45. The third-order valence-electron chi connectivity index (χ3n) is 4.94. The number of aromatic nitrogens is 1. The van der Waals surface area contributed by atoms with Crippen LogP contribution in [0, 0.1) is 5.41 Å². The van der Waals surface area contributed by atoms with Crippen molar-refractivity contribution in [2.45, 2.75) is 32.0 Å². The number of nitrogens with zero attached hydrogens (tertiary/aromatic N) is 3. The van der Waals surface area contributed by atoms with Gasteiger partial charge in [0.05, 0.1) is 0 Å². The first-order valence-electron chi connectivity index (χ1n) is 8.77. The van der Waals surface area contributed by atoms with Crippen molar-refractivity contribution in [3.63, 3.8) is 0 Å². The molecular formula is C19H25BN4S. The SMILES string of the molecule is C=Bc1ncc(CN2CCC(N(C)Cc3ccccc3C=N)CC2)s1. The number of likely N-dealkylation sites (tertiary alicyclic amines) is 1. The molecule has 1 aromatic heterocycles. The topological polar surface area (TPSA) is 43.2 Å². The normalized spacial score (nSPS) is 16.1. The monoisotopic (exact) mass is 352 g/mol. The molecule has 25 heavy (non-hydrogen) atoms. The van der Waals surface area contributed by atoms with Crippen molar-refractivity contribution in [1.82, 2.24) is 14.8 Å². The molecule has 2 heterocycles. The van der Waals surface area contributed by atoms with Crippen LogP contribution in [0.25, 0.3) is 0 Å². The van der Waals surface area contributed by atoms with Crippen LogP contribution in [-0.2, 0) is 13.1 Å². The van der Waals surface area contributed by atoms with Crippen LogP contribution in [0.4, 0.5) is 0 Å². The summed E-state index contributed by atoms with van der Waals surface area (Å²) in [5, 5.41) is 7.56. The predicted molar refractivity (Wildman–Crippen MR) is 109 cm³/mol. The van der Waals surface area contributed by atoms with E-state index in [1.165, 1.54) is 29.5 Å². The van der Waals surface area contributed by atoms with Crippen LogP contribution in [0.1, 0.15) is 28.8 Å². The van der Waals surface area contributed by atoms with Gasteiger partial charge < -0.3 is 5.41 Å². The third kappa shape index (κ3) is 4.72. The molecule has 1 fully saturated rings. The van der Waals surface area contributed by atoms with Crippen molar-refractivity contribution in [2.24, 2.45) is 0 Å². The average molecular weight is 352 g/mol. The number of hydrogen-bond acceptors (Lipinski definition) is 5. The van der Waals surface area contributed by atoms with Crippen LogP contribution in [0.15, 0.2) is 30.5 Å². The number of thiazole rings is 1. The van der Waals surface area contributed by atoms with Crippen LogP contribution in [0.3, 0.4) is 0 Å². The summed E-state index contributed by atoms with van der Waals surface area (Å²) in [5.41, 5.74) is 2.26. The molecule has 0 spiro atoms. The van der Waals surface area contributed by atoms with Gasteiger partial charge in [0.25, 0.3) is 0 Å². The Bertz CT molecular complexity index is 722. The van der Waals surface area contributed by atoms with Gasteiger partial charge in [-0.1, -0.05) is 18.2 Å². The van der Waals surface area contributed by atoms with E-state index in [0.717, 1.165) is 36.6 Å². The first-order chi connectivity index (χ1) is 12.2. The fourth-order valence-corrected chi connectivity index (χ4v) is 4.26. The average Bonchev–Trinajstić information content (AvgIpc) is 3.10. The summed E-state index contributed by atoms with van der Waals surface area (Å²) in [6.45, 7) is 9.77. The van der Waals surface area contributed by atoms with E-state index >= 15 is 0 Å². The second-order valence-electron chi connectivity index (χ2n) is 6.63. The number of hydrogen-bond donors (Lipinski definition) is 1. The van der Waals surface area contributed by atoms with E-state index in [1.54, 1.807) is 11.3 Å². The molecule has 0 saturated carbocycles. The van der Waals surface area contributed by atoms with Gasteiger partial charge in [0.15, 0.2) is 0 Å². The number of benzene rings is 1. The molecule has 1 aliphatic rings. The molecule has 1 aromatic carbocycles. The van der Waals surface area contributed by atoms with E-state index in [4.69, 9.17) is 5.41 Å². The molecular weight excluding hydrogens is 327 g/mol. The van der Waals surface area contributed by atoms with Gasteiger partial charge in [0.1, 0.15) is 0 Å². The number of piperidine rings is 1. The molecule has 0 radical (unpaired) electrons. The Morgan fingerprint density at radius 1 is 1.40 bits per heavy atom. The molecule has 130 valence electrons.